The fourth-order valence-corrected chi connectivity index (χ4v) is 6.24. The third-order valence-corrected chi connectivity index (χ3v) is 7.84. The van der Waals surface area contributed by atoms with E-state index in [1.165, 1.54) is 0 Å². The molecule has 0 atom stereocenters. The topological polar surface area (TPSA) is 83.9 Å². The van der Waals surface area contributed by atoms with Crippen molar-refractivity contribution in [3.05, 3.63) is 85.1 Å². The fraction of sp³-hybridized carbons (Fsp3) is 0.321. The highest BCUT2D eigenvalue weighted by Gasteiger charge is 2.44. The van der Waals surface area contributed by atoms with Gasteiger partial charge < -0.3 is 14.7 Å². The lowest BCUT2D eigenvalue weighted by atomic mass is 9.71. The van der Waals surface area contributed by atoms with Gasteiger partial charge in [0.05, 0.1) is 10.0 Å². The second kappa shape index (κ2) is 10.5. The van der Waals surface area contributed by atoms with E-state index >= 15 is 0 Å². The SMILES string of the molecule is O=C(O)CN1C2=C(C(=O)CCC2)C(c2cc(Cl)c(OCc3ccc(Cl)cc3)c(Cl)c2)C2=C1CCCC2=O. The molecule has 0 amide bonds. The summed E-state index contributed by atoms with van der Waals surface area (Å²) in [5.41, 5.74) is 3.83. The summed E-state index contributed by atoms with van der Waals surface area (Å²) in [5, 5.41) is 10.7. The molecule has 9 heteroatoms. The summed E-state index contributed by atoms with van der Waals surface area (Å²) in [6.07, 6.45) is 3.10. The van der Waals surface area contributed by atoms with E-state index in [4.69, 9.17) is 39.5 Å². The van der Waals surface area contributed by atoms with Gasteiger partial charge in [-0.05, 0) is 61.1 Å². The molecule has 5 rings (SSSR count). The van der Waals surface area contributed by atoms with Crippen molar-refractivity contribution in [3.8, 4) is 5.75 Å². The van der Waals surface area contributed by atoms with Gasteiger partial charge in [0.15, 0.2) is 17.3 Å². The molecule has 2 aromatic carbocycles. The lowest BCUT2D eigenvalue weighted by molar-refractivity contribution is -0.138. The quantitative estimate of drug-likeness (QED) is 0.422. The van der Waals surface area contributed by atoms with E-state index in [0.717, 1.165) is 5.56 Å². The molecule has 0 unspecified atom stereocenters. The molecule has 0 saturated heterocycles. The number of Topliss-reactive ketones (excluding diaryl/α,β-unsaturated/α-hetero) is 2. The van der Waals surface area contributed by atoms with Gasteiger partial charge in [-0.25, -0.2) is 0 Å². The molecule has 0 spiro atoms. The number of carbonyl (C=O) groups excluding carboxylic acids is 2. The summed E-state index contributed by atoms with van der Waals surface area (Å²) in [5.74, 6) is -1.51. The molecule has 1 N–H and O–H groups in total. The first-order chi connectivity index (χ1) is 17.7. The molecular formula is C28H24Cl3NO5. The van der Waals surface area contributed by atoms with E-state index in [0.29, 0.717) is 77.4 Å². The van der Waals surface area contributed by atoms with Crippen molar-refractivity contribution in [3.63, 3.8) is 0 Å². The van der Waals surface area contributed by atoms with Crippen LogP contribution in [-0.2, 0) is 21.0 Å². The number of carboxylic acid groups (broad SMARTS) is 1. The maximum absolute atomic E-state index is 13.3. The largest absolute Gasteiger partial charge is 0.486 e. The van der Waals surface area contributed by atoms with Crippen LogP contribution in [-0.4, -0.2) is 34.1 Å². The average Bonchev–Trinajstić information content (AvgIpc) is 2.85. The minimum Gasteiger partial charge on any atom is -0.486 e. The maximum atomic E-state index is 13.3. The zero-order chi connectivity index (χ0) is 26.3. The number of ketones is 2. The van der Waals surface area contributed by atoms with Crippen molar-refractivity contribution >= 4 is 52.3 Å². The zero-order valence-corrected chi connectivity index (χ0v) is 22.1. The molecule has 0 aromatic heterocycles. The molecule has 0 fully saturated rings. The molecule has 0 bridgehead atoms. The first-order valence-electron chi connectivity index (χ1n) is 12.1. The minimum atomic E-state index is -1.01. The van der Waals surface area contributed by atoms with E-state index < -0.39 is 11.9 Å². The van der Waals surface area contributed by atoms with Crippen molar-refractivity contribution in [1.82, 2.24) is 4.90 Å². The van der Waals surface area contributed by atoms with Gasteiger partial charge >= 0.3 is 5.97 Å². The van der Waals surface area contributed by atoms with Crippen LogP contribution >= 0.6 is 34.8 Å². The van der Waals surface area contributed by atoms with Crippen LogP contribution < -0.4 is 4.74 Å². The number of aliphatic carboxylic acids is 1. The van der Waals surface area contributed by atoms with Crippen LogP contribution in [0.1, 0.15) is 55.6 Å². The highest BCUT2D eigenvalue weighted by Crippen LogP contribution is 2.50. The summed E-state index contributed by atoms with van der Waals surface area (Å²) in [4.78, 5) is 40.0. The number of hydrogen-bond donors (Lipinski definition) is 1. The third-order valence-electron chi connectivity index (χ3n) is 7.03. The number of carboxylic acids is 1. The van der Waals surface area contributed by atoms with Gasteiger partial charge in [0.2, 0.25) is 0 Å². The Balaban J connectivity index is 1.57. The van der Waals surface area contributed by atoms with Gasteiger partial charge in [0, 0.05) is 46.3 Å². The molecule has 2 aliphatic carbocycles. The molecule has 6 nitrogen and oxygen atoms in total. The molecule has 2 aromatic rings. The Bertz CT molecular complexity index is 1300. The van der Waals surface area contributed by atoms with Crippen molar-refractivity contribution < 1.29 is 24.2 Å². The highest BCUT2D eigenvalue weighted by atomic mass is 35.5. The molecule has 1 aliphatic heterocycles. The Kier molecular flexibility index (Phi) is 7.35. The van der Waals surface area contributed by atoms with Crippen molar-refractivity contribution in [2.75, 3.05) is 6.54 Å². The Morgan fingerprint density at radius 1 is 0.892 bits per heavy atom. The van der Waals surface area contributed by atoms with Crippen molar-refractivity contribution in [1.29, 1.82) is 0 Å². The molecule has 3 aliphatic rings. The summed E-state index contributed by atoms with van der Waals surface area (Å²) < 4.78 is 5.91. The van der Waals surface area contributed by atoms with Crippen LogP contribution in [0.4, 0.5) is 0 Å². The summed E-state index contributed by atoms with van der Waals surface area (Å²) in [6, 6.07) is 10.6. The summed E-state index contributed by atoms with van der Waals surface area (Å²) >= 11 is 19.2. The van der Waals surface area contributed by atoms with Crippen LogP contribution in [0.2, 0.25) is 15.1 Å². The second-order valence-corrected chi connectivity index (χ2v) is 10.7. The van der Waals surface area contributed by atoms with Crippen molar-refractivity contribution in [2.45, 2.75) is 51.0 Å². The Morgan fingerprint density at radius 3 is 1.95 bits per heavy atom. The number of ether oxygens (including phenoxy) is 1. The monoisotopic (exact) mass is 559 g/mol. The van der Waals surface area contributed by atoms with E-state index in [2.05, 4.69) is 0 Å². The van der Waals surface area contributed by atoms with Crippen LogP contribution in [0.25, 0.3) is 0 Å². The number of hydrogen-bond acceptors (Lipinski definition) is 5. The second-order valence-electron chi connectivity index (χ2n) is 9.42. The zero-order valence-electron chi connectivity index (χ0n) is 19.9. The Labute approximate surface area is 229 Å². The predicted molar refractivity (Wildman–Crippen MR) is 141 cm³/mol. The summed E-state index contributed by atoms with van der Waals surface area (Å²) in [7, 11) is 0. The van der Waals surface area contributed by atoms with Crippen LogP contribution in [0.5, 0.6) is 5.75 Å². The smallest absolute Gasteiger partial charge is 0.323 e. The molecule has 0 saturated carbocycles. The van der Waals surface area contributed by atoms with Crippen molar-refractivity contribution in [2.24, 2.45) is 0 Å². The molecule has 1 heterocycles. The number of halogens is 3. The first-order valence-corrected chi connectivity index (χ1v) is 13.3. The van der Waals surface area contributed by atoms with Gasteiger partial charge in [0.25, 0.3) is 0 Å². The minimum absolute atomic E-state index is 0.0816. The van der Waals surface area contributed by atoms with Crippen LogP contribution in [0.15, 0.2) is 58.9 Å². The van der Waals surface area contributed by atoms with Gasteiger partial charge in [-0.2, -0.15) is 0 Å². The average molecular weight is 561 g/mol. The number of carbonyl (C=O) groups is 3. The maximum Gasteiger partial charge on any atom is 0.323 e. The first kappa shape index (κ1) is 25.8. The standard InChI is InChI=1S/C28H24Cl3NO5/c29-17-9-7-15(8-10-17)14-37-28-18(30)11-16(12-19(28)31)25-26-20(3-1-5-22(26)33)32(13-24(35)36)21-4-2-6-23(34)27(21)25/h7-12,25H,1-6,13-14H2,(H,35,36). The van der Waals surface area contributed by atoms with Gasteiger partial charge in [-0.1, -0.05) is 46.9 Å². The lowest BCUT2D eigenvalue weighted by Gasteiger charge is -2.43. The van der Waals surface area contributed by atoms with E-state index in [9.17, 15) is 19.5 Å². The predicted octanol–water partition coefficient (Wildman–Crippen LogP) is 6.72. The number of rotatable bonds is 6. The van der Waals surface area contributed by atoms with E-state index in [1.807, 2.05) is 12.1 Å². The fourth-order valence-electron chi connectivity index (χ4n) is 5.50. The van der Waals surface area contributed by atoms with Crippen LogP contribution in [0.3, 0.4) is 0 Å². The highest BCUT2D eigenvalue weighted by molar-refractivity contribution is 6.37. The van der Waals surface area contributed by atoms with Crippen LogP contribution in [0, 0.1) is 0 Å². The molecule has 0 radical (unpaired) electrons. The summed E-state index contributed by atoms with van der Waals surface area (Å²) in [6.45, 7) is -0.0605. The Hall–Kier alpha value is -2.80. The van der Waals surface area contributed by atoms with E-state index in [-0.39, 0.29) is 34.8 Å². The molecule has 192 valence electrons. The van der Waals surface area contributed by atoms with E-state index in [1.54, 1.807) is 29.2 Å². The third kappa shape index (κ3) is 5.02. The number of allylic oxidation sites excluding steroid dienone is 4. The molecule has 37 heavy (non-hydrogen) atoms. The van der Waals surface area contributed by atoms with Gasteiger partial charge in [-0.3, -0.25) is 14.4 Å². The number of nitrogens with zero attached hydrogens (tertiary/aromatic N) is 1. The normalized spacial score (nSPS) is 18.2. The lowest BCUT2D eigenvalue weighted by Crippen LogP contribution is -2.41. The van der Waals surface area contributed by atoms with Gasteiger partial charge in [0.1, 0.15) is 13.2 Å². The Morgan fingerprint density at radius 2 is 1.43 bits per heavy atom. The number of benzene rings is 2. The molecular weight excluding hydrogens is 537 g/mol. The van der Waals surface area contributed by atoms with Gasteiger partial charge in [-0.15, -0.1) is 0 Å².